The Kier molecular flexibility index (Phi) is 6.14. The van der Waals surface area contributed by atoms with Crippen molar-refractivity contribution in [2.45, 2.75) is 43.5 Å². The number of sulfonamides is 1. The molecule has 0 saturated heterocycles. The molecule has 0 heterocycles. The minimum Gasteiger partial charge on any atom is -0.358 e. The smallest absolute Gasteiger partial charge is 0.295 e. The Morgan fingerprint density at radius 1 is 1.36 bits per heavy atom. The molecule has 5 N–H and O–H groups in total. The topological polar surface area (TPSA) is 139 Å². The maximum absolute atomic E-state index is 11.3. The molecule has 138 valence electrons. The van der Waals surface area contributed by atoms with Crippen LogP contribution < -0.4 is 21.3 Å². The molecule has 0 bridgehead atoms. The first-order valence-corrected chi connectivity index (χ1v) is 9.77. The number of anilines is 1. The van der Waals surface area contributed by atoms with Gasteiger partial charge in [0.25, 0.3) is 5.69 Å². The van der Waals surface area contributed by atoms with Gasteiger partial charge in [0.1, 0.15) is 5.69 Å². The van der Waals surface area contributed by atoms with E-state index in [2.05, 4.69) is 23.1 Å². The molecule has 0 amide bonds. The Balaban J connectivity index is 2.04. The van der Waals surface area contributed by atoms with Gasteiger partial charge in [-0.1, -0.05) is 19.8 Å². The minimum atomic E-state index is -4.02. The molecule has 2 unspecified atom stereocenters. The highest BCUT2D eigenvalue weighted by atomic mass is 32.2. The van der Waals surface area contributed by atoms with Gasteiger partial charge in [-0.3, -0.25) is 21.0 Å². The Bertz CT molecular complexity index is 768. The number of primary sulfonamides is 1. The van der Waals surface area contributed by atoms with Crippen LogP contribution >= 0.6 is 12.2 Å². The van der Waals surface area contributed by atoms with E-state index < -0.39 is 20.6 Å². The number of hydrazine groups is 1. The highest BCUT2D eigenvalue weighted by Crippen LogP contribution is 2.27. The fraction of sp³-hybridized carbons (Fsp3) is 0.500. The normalized spacial score (nSPS) is 20.6. The number of rotatable bonds is 5. The summed E-state index contributed by atoms with van der Waals surface area (Å²) in [6.45, 7) is 2.16. The molecule has 1 aliphatic rings. The summed E-state index contributed by atoms with van der Waals surface area (Å²) in [5.41, 5.74) is 5.01. The molecule has 11 heteroatoms. The van der Waals surface area contributed by atoms with E-state index in [-0.39, 0.29) is 16.6 Å². The molecule has 1 fully saturated rings. The van der Waals surface area contributed by atoms with E-state index in [1.165, 1.54) is 18.6 Å². The average Bonchev–Trinajstić information content (AvgIpc) is 2.54. The first kappa shape index (κ1) is 19.3. The summed E-state index contributed by atoms with van der Waals surface area (Å²) in [5.74, 6) is 0.497. The first-order chi connectivity index (χ1) is 11.7. The zero-order valence-electron chi connectivity index (χ0n) is 13.7. The molecule has 0 spiro atoms. The Labute approximate surface area is 151 Å². The van der Waals surface area contributed by atoms with Gasteiger partial charge in [0.05, 0.1) is 9.82 Å². The molecule has 0 aliphatic heterocycles. The van der Waals surface area contributed by atoms with Crippen LogP contribution in [0, 0.1) is 16.0 Å². The van der Waals surface area contributed by atoms with Gasteiger partial charge < -0.3 is 5.32 Å². The van der Waals surface area contributed by atoms with E-state index in [0.717, 1.165) is 25.3 Å². The molecule has 1 saturated carbocycles. The number of benzene rings is 1. The van der Waals surface area contributed by atoms with E-state index in [0.29, 0.717) is 11.0 Å². The third-order valence-electron chi connectivity index (χ3n) is 4.23. The fourth-order valence-electron chi connectivity index (χ4n) is 2.80. The standard InChI is InChI=1S/C14H21N5O4S2/c1-9-4-2-3-5-11(9)16-14(24)18-17-12-7-6-10(25(15,22)23)8-13(12)19(20)21/h6-9,11,17H,2-5H2,1H3,(H2,15,22,23)(H2,16,18,24). The quantitative estimate of drug-likeness (QED) is 0.339. The number of nitrogens with zero attached hydrogens (tertiary/aromatic N) is 1. The van der Waals surface area contributed by atoms with Crippen LogP contribution in [0.1, 0.15) is 32.6 Å². The lowest BCUT2D eigenvalue weighted by atomic mass is 9.86. The third-order valence-corrected chi connectivity index (χ3v) is 5.36. The molecule has 2 atom stereocenters. The van der Waals surface area contributed by atoms with Crippen LogP contribution in [-0.2, 0) is 10.0 Å². The van der Waals surface area contributed by atoms with Crippen molar-refractivity contribution < 1.29 is 13.3 Å². The second-order valence-corrected chi connectivity index (χ2v) is 8.04. The van der Waals surface area contributed by atoms with Crippen molar-refractivity contribution in [2.24, 2.45) is 11.1 Å². The summed E-state index contributed by atoms with van der Waals surface area (Å²) in [5, 5.41) is 19.7. The van der Waals surface area contributed by atoms with Gasteiger partial charge >= 0.3 is 0 Å². The van der Waals surface area contributed by atoms with Gasteiger partial charge in [-0.15, -0.1) is 0 Å². The Hall–Kier alpha value is -1.98. The number of nitro benzene ring substituents is 1. The van der Waals surface area contributed by atoms with Crippen molar-refractivity contribution in [3.63, 3.8) is 0 Å². The van der Waals surface area contributed by atoms with Gasteiger partial charge in [-0.25, -0.2) is 13.6 Å². The largest absolute Gasteiger partial charge is 0.358 e. The number of nitrogens with two attached hydrogens (primary N) is 1. The summed E-state index contributed by atoms with van der Waals surface area (Å²) in [4.78, 5) is 10.1. The van der Waals surface area contributed by atoms with Gasteiger partial charge in [-0.05, 0) is 43.1 Å². The van der Waals surface area contributed by atoms with E-state index in [4.69, 9.17) is 17.4 Å². The highest BCUT2D eigenvalue weighted by Gasteiger charge is 2.22. The van der Waals surface area contributed by atoms with Crippen molar-refractivity contribution in [3.8, 4) is 0 Å². The molecule has 0 aromatic heterocycles. The van der Waals surface area contributed by atoms with Crippen LogP contribution in [-0.4, -0.2) is 24.5 Å². The monoisotopic (exact) mass is 387 g/mol. The lowest BCUT2D eigenvalue weighted by Gasteiger charge is -2.30. The minimum absolute atomic E-state index is 0.0817. The molecule has 1 aliphatic carbocycles. The summed E-state index contributed by atoms with van der Waals surface area (Å²) >= 11 is 5.21. The van der Waals surface area contributed by atoms with Crippen LogP contribution in [0.3, 0.4) is 0 Å². The first-order valence-electron chi connectivity index (χ1n) is 7.82. The number of nitro groups is 1. The zero-order chi connectivity index (χ0) is 18.6. The summed E-state index contributed by atoms with van der Waals surface area (Å²) < 4.78 is 22.7. The SMILES string of the molecule is CC1CCCCC1NC(=S)NNc1ccc(S(N)(=O)=O)cc1[N+](=O)[O-]. The molecule has 0 radical (unpaired) electrons. The van der Waals surface area contributed by atoms with E-state index in [9.17, 15) is 18.5 Å². The number of thiocarbonyl (C=S) groups is 1. The predicted octanol–water partition coefficient (Wildman–Crippen LogP) is 1.61. The average molecular weight is 387 g/mol. The van der Waals surface area contributed by atoms with Gasteiger partial charge in [0.2, 0.25) is 10.0 Å². The second-order valence-electron chi connectivity index (χ2n) is 6.07. The lowest BCUT2D eigenvalue weighted by Crippen LogP contribution is -2.47. The molecule has 1 aromatic rings. The molecule has 9 nitrogen and oxygen atoms in total. The van der Waals surface area contributed by atoms with Gasteiger partial charge in [0, 0.05) is 12.1 Å². The van der Waals surface area contributed by atoms with Crippen LogP contribution in [0.15, 0.2) is 23.1 Å². The van der Waals surface area contributed by atoms with Crippen LogP contribution in [0.5, 0.6) is 0 Å². The van der Waals surface area contributed by atoms with Crippen molar-refractivity contribution in [1.29, 1.82) is 0 Å². The fourth-order valence-corrected chi connectivity index (χ4v) is 3.54. The van der Waals surface area contributed by atoms with Crippen LogP contribution in [0.4, 0.5) is 11.4 Å². The van der Waals surface area contributed by atoms with Crippen molar-refractivity contribution >= 4 is 38.7 Å². The Morgan fingerprint density at radius 3 is 2.64 bits per heavy atom. The van der Waals surface area contributed by atoms with Crippen LogP contribution in [0.25, 0.3) is 0 Å². The lowest BCUT2D eigenvalue weighted by molar-refractivity contribution is -0.384. The van der Waals surface area contributed by atoms with Crippen molar-refractivity contribution in [3.05, 3.63) is 28.3 Å². The third kappa shape index (κ3) is 5.25. The van der Waals surface area contributed by atoms with E-state index in [1.54, 1.807) is 0 Å². The second kappa shape index (κ2) is 7.93. The van der Waals surface area contributed by atoms with Gasteiger partial charge in [0.15, 0.2) is 5.11 Å². The zero-order valence-corrected chi connectivity index (χ0v) is 15.3. The van der Waals surface area contributed by atoms with E-state index in [1.807, 2.05) is 0 Å². The molecular weight excluding hydrogens is 366 g/mol. The molecule has 2 rings (SSSR count). The summed E-state index contributed by atoms with van der Waals surface area (Å²) in [6.07, 6.45) is 4.50. The maximum atomic E-state index is 11.3. The Morgan fingerprint density at radius 2 is 2.04 bits per heavy atom. The highest BCUT2D eigenvalue weighted by molar-refractivity contribution is 7.89. The van der Waals surface area contributed by atoms with Crippen LogP contribution in [0.2, 0.25) is 0 Å². The maximum Gasteiger partial charge on any atom is 0.295 e. The van der Waals surface area contributed by atoms with Gasteiger partial charge in [-0.2, -0.15) is 0 Å². The number of hydrogen-bond donors (Lipinski definition) is 4. The number of nitrogens with one attached hydrogen (secondary N) is 3. The summed E-state index contributed by atoms with van der Waals surface area (Å²) in [7, 11) is -4.02. The molecule has 1 aromatic carbocycles. The van der Waals surface area contributed by atoms with E-state index >= 15 is 0 Å². The van der Waals surface area contributed by atoms with Crippen molar-refractivity contribution in [1.82, 2.24) is 10.7 Å². The number of hydrogen-bond acceptors (Lipinski definition) is 6. The predicted molar refractivity (Wildman–Crippen MR) is 98.4 cm³/mol. The van der Waals surface area contributed by atoms with Crippen molar-refractivity contribution in [2.75, 3.05) is 5.43 Å². The molecular formula is C14H21N5O4S2. The summed E-state index contributed by atoms with van der Waals surface area (Å²) in [6, 6.07) is 3.61. The molecule has 25 heavy (non-hydrogen) atoms.